The summed E-state index contributed by atoms with van der Waals surface area (Å²) in [7, 11) is -2.41. The number of hydrogen-bond acceptors (Lipinski definition) is 3. The quantitative estimate of drug-likeness (QED) is 0.573. The Kier molecular flexibility index (Phi) is 4.32. The fraction of sp³-hybridized carbons (Fsp3) is 0.0455. The van der Waals surface area contributed by atoms with E-state index in [0.717, 1.165) is 15.9 Å². The van der Waals surface area contributed by atoms with Crippen LogP contribution in [0.5, 0.6) is 0 Å². The number of rotatable bonds is 4. The summed E-state index contributed by atoms with van der Waals surface area (Å²) in [6, 6.07) is 30.2. The number of benzene rings is 3. The minimum atomic E-state index is -2.41. The molecule has 1 unspecified atom stereocenters. The normalized spacial score (nSPS) is 16.8. The van der Waals surface area contributed by atoms with Gasteiger partial charge in [0.25, 0.3) is 5.95 Å². The maximum absolute atomic E-state index is 12.7. The Balaban J connectivity index is 2.09. The van der Waals surface area contributed by atoms with Gasteiger partial charge in [-0.05, 0) is 36.4 Å². The van der Waals surface area contributed by atoms with E-state index >= 15 is 0 Å². The van der Waals surface area contributed by atoms with Gasteiger partial charge in [0, 0.05) is 6.08 Å². The third-order valence-corrected chi connectivity index (χ3v) is 9.19. The Morgan fingerprint density at radius 3 is 1.38 bits per heavy atom. The van der Waals surface area contributed by atoms with Crippen LogP contribution in [-0.4, -0.2) is 16.7 Å². The summed E-state index contributed by atoms with van der Waals surface area (Å²) in [4.78, 5) is 12.7. The van der Waals surface area contributed by atoms with Crippen LogP contribution in [0.1, 0.15) is 0 Å². The van der Waals surface area contributed by atoms with Gasteiger partial charge >= 0.3 is 5.97 Å². The maximum atomic E-state index is 12.7. The molecule has 0 saturated carbocycles. The number of hydrogen-bond donors (Lipinski definition) is 1. The molecule has 0 fully saturated rings. The molecule has 1 heterocycles. The van der Waals surface area contributed by atoms with E-state index < -0.39 is 18.9 Å². The molecular weight excluding hydrogens is 343 g/mol. The molecule has 3 nitrogen and oxygen atoms in total. The molecule has 0 bridgehead atoms. The van der Waals surface area contributed by atoms with Crippen molar-refractivity contribution >= 4 is 29.1 Å². The van der Waals surface area contributed by atoms with E-state index in [1.54, 1.807) is 6.08 Å². The van der Waals surface area contributed by atoms with Crippen LogP contribution in [0.2, 0.25) is 0 Å². The number of cyclic esters (lactones) is 1. The van der Waals surface area contributed by atoms with Crippen molar-refractivity contribution in [1.82, 2.24) is 0 Å². The van der Waals surface area contributed by atoms with Crippen LogP contribution in [-0.2, 0) is 9.53 Å². The first kappa shape index (κ1) is 16.6. The number of ether oxygens (including phenoxy) is 1. The Hall–Kier alpha value is -2.90. The Labute approximate surface area is 152 Å². The molecule has 3 aromatic carbocycles. The fourth-order valence-electron chi connectivity index (χ4n) is 3.59. The van der Waals surface area contributed by atoms with E-state index in [9.17, 15) is 9.90 Å². The molecule has 0 saturated heterocycles. The van der Waals surface area contributed by atoms with Gasteiger partial charge in [-0.25, -0.2) is 4.79 Å². The molecule has 26 heavy (non-hydrogen) atoms. The van der Waals surface area contributed by atoms with Gasteiger partial charge in [0.05, 0.1) is 0 Å². The monoisotopic (exact) mass is 361 g/mol. The molecule has 0 aliphatic carbocycles. The summed E-state index contributed by atoms with van der Waals surface area (Å²) in [6.07, 6.45) is 1.56. The largest absolute Gasteiger partial charge is 0.481 e. The van der Waals surface area contributed by atoms with Crippen LogP contribution >= 0.6 is 7.26 Å². The second kappa shape index (κ2) is 6.78. The Morgan fingerprint density at radius 1 is 0.692 bits per heavy atom. The van der Waals surface area contributed by atoms with Crippen LogP contribution in [0.4, 0.5) is 0 Å². The van der Waals surface area contributed by atoms with Crippen LogP contribution in [0.3, 0.4) is 0 Å². The molecule has 4 rings (SSSR count). The zero-order valence-electron chi connectivity index (χ0n) is 14.0. The number of aliphatic hydroxyl groups excluding tert-OH is 1. The highest BCUT2D eigenvalue weighted by Crippen LogP contribution is 2.61. The molecule has 1 aliphatic heterocycles. The highest BCUT2D eigenvalue weighted by atomic mass is 31.2. The third-order valence-electron chi connectivity index (χ3n) is 4.65. The lowest BCUT2D eigenvalue weighted by Gasteiger charge is -2.29. The Bertz CT molecular complexity index is 840. The van der Waals surface area contributed by atoms with Gasteiger partial charge in [-0.2, -0.15) is 0 Å². The lowest BCUT2D eigenvalue weighted by atomic mass is 10.3. The number of esters is 1. The average molecular weight is 361 g/mol. The van der Waals surface area contributed by atoms with Crippen molar-refractivity contribution in [3.8, 4) is 0 Å². The molecule has 0 amide bonds. The summed E-state index contributed by atoms with van der Waals surface area (Å²) in [6.45, 7) is 0. The fourth-order valence-corrected chi connectivity index (χ4v) is 8.09. The predicted octanol–water partition coefficient (Wildman–Crippen LogP) is 3.31. The summed E-state index contributed by atoms with van der Waals surface area (Å²) in [5.41, 5.74) is -0.560. The first-order valence-electron chi connectivity index (χ1n) is 8.41. The topological polar surface area (TPSA) is 46.5 Å². The smallest absolute Gasteiger partial charge is 0.360 e. The molecule has 4 heteroatoms. The van der Waals surface area contributed by atoms with Gasteiger partial charge in [0.15, 0.2) is 0 Å². The first-order valence-corrected chi connectivity index (χ1v) is 10.3. The standard InChI is InChI=1S/C22H17O3P/c23-21-16-20(22(24)25-21)26(17-10-4-1-5-11-17,18-12-6-2-7-13-18)19-14-8-3-9-15-19/h1-16,20H/p+1. The zero-order chi connectivity index (χ0) is 18.0. The second-order valence-electron chi connectivity index (χ2n) is 6.10. The minimum Gasteiger partial charge on any atom is -0.481 e. The SMILES string of the molecule is O=C1OC(O)=CC1[P+](c1ccccc1)(c1ccccc1)c1ccccc1. The summed E-state index contributed by atoms with van der Waals surface area (Å²) in [5, 5.41) is 13.1. The van der Waals surface area contributed by atoms with Gasteiger partial charge in [-0.15, -0.1) is 0 Å². The van der Waals surface area contributed by atoms with Crippen molar-refractivity contribution in [2.45, 2.75) is 5.66 Å². The van der Waals surface area contributed by atoms with Gasteiger partial charge in [0.1, 0.15) is 23.2 Å². The van der Waals surface area contributed by atoms with E-state index in [1.807, 2.05) is 54.6 Å². The van der Waals surface area contributed by atoms with Crippen molar-refractivity contribution in [1.29, 1.82) is 0 Å². The third kappa shape index (κ3) is 2.61. The van der Waals surface area contributed by atoms with Crippen LogP contribution in [0.15, 0.2) is 103 Å². The van der Waals surface area contributed by atoms with Crippen LogP contribution in [0, 0.1) is 0 Å². The first-order chi connectivity index (χ1) is 12.7. The maximum Gasteiger partial charge on any atom is 0.360 e. The van der Waals surface area contributed by atoms with Crippen molar-refractivity contribution in [2.75, 3.05) is 0 Å². The molecule has 0 aromatic heterocycles. The Morgan fingerprint density at radius 2 is 1.08 bits per heavy atom. The molecular formula is C22H18O3P+. The van der Waals surface area contributed by atoms with Gasteiger partial charge < -0.3 is 9.84 Å². The van der Waals surface area contributed by atoms with E-state index in [4.69, 9.17) is 4.74 Å². The van der Waals surface area contributed by atoms with Gasteiger partial charge in [-0.3, -0.25) is 0 Å². The lowest BCUT2D eigenvalue weighted by Crippen LogP contribution is -2.40. The zero-order valence-corrected chi connectivity index (χ0v) is 14.9. The van der Waals surface area contributed by atoms with Crippen molar-refractivity contribution in [2.24, 2.45) is 0 Å². The summed E-state index contributed by atoms with van der Waals surface area (Å²) in [5.74, 6) is -0.723. The molecule has 0 radical (unpaired) electrons. The van der Waals surface area contributed by atoms with Crippen LogP contribution < -0.4 is 15.9 Å². The molecule has 1 atom stereocenters. The summed E-state index contributed by atoms with van der Waals surface area (Å²) < 4.78 is 5.05. The molecule has 1 aliphatic rings. The highest BCUT2D eigenvalue weighted by Gasteiger charge is 2.58. The van der Waals surface area contributed by atoms with Crippen molar-refractivity contribution in [3.05, 3.63) is 103 Å². The van der Waals surface area contributed by atoms with E-state index in [2.05, 4.69) is 36.4 Å². The van der Waals surface area contributed by atoms with Crippen molar-refractivity contribution < 1.29 is 14.6 Å². The van der Waals surface area contributed by atoms with E-state index in [0.29, 0.717) is 0 Å². The highest BCUT2D eigenvalue weighted by molar-refractivity contribution is 7.97. The number of aliphatic hydroxyl groups is 1. The summed E-state index contributed by atoms with van der Waals surface area (Å²) >= 11 is 0. The molecule has 1 N–H and O–H groups in total. The lowest BCUT2D eigenvalue weighted by molar-refractivity contribution is -0.139. The second-order valence-corrected chi connectivity index (χ2v) is 9.65. The molecule has 3 aromatic rings. The van der Waals surface area contributed by atoms with Gasteiger partial charge in [0.2, 0.25) is 5.66 Å². The van der Waals surface area contributed by atoms with Crippen molar-refractivity contribution in [3.63, 3.8) is 0 Å². The van der Waals surface area contributed by atoms with E-state index in [1.165, 1.54) is 0 Å². The number of carbonyl (C=O) groups is 1. The average Bonchev–Trinajstić information content (AvgIpc) is 3.03. The predicted molar refractivity (Wildman–Crippen MR) is 106 cm³/mol. The number of carbonyl (C=O) groups excluding carboxylic acids is 1. The van der Waals surface area contributed by atoms with Crippen LogP contribution in [0.25, 0.3) is 0 Å². The van der Waals surface area contributed by atoms with E-state index in [-0.39, 0.29) is 5.95 Å². The van der Waals surface area contributed by atoms with Gasteiger partial charge in [-0.1, -0.05) is 54.6 Å². The molecule has 0 spiro atoms. The minimum absolute atomic E-state index is 0.313. The molecule has 128 valence electrons.